The molecule has 0 radical (unpaired) electrons. The van der Waals surface area contributed by atoms with Crippen molar-refractivity contribution in [3.8, 4) is 33.8 Å². The van der Waals surface area contributed by atoms with Gasteiger partial charge in [-0.1, -0.05) is 24.3 Å². The fourth-order valence-corrected chi connectivity index (χ4v) is 3.53. The molecule has 0 saturated carbocycles. The van der Waals surface area contributed by atoms with Crippen molar-refractivity contribution in [2.75, 3.05) is 14.2 Å². The first-order valence-electron chi connectivity index (χ1n) is 8.64. The molecular weight excluding hydrogens is 346 g/mol. The molecule has 4 heteroatoms. The summed E-state index contributed by atoms with van der Waals surface area (Å²) in [5.74, 6) is 1.77. The second kappa shape index (κ2) is 7.79. The summed E-state index contributed by atoms with van der Waals surface area (Å²) in [6.07, 6.45) is 4.61. The summed E-state index contributed by atoms with van der Waals surface area (Å²) in [4.78, 5) is 0. The summed E-state index contributed by atoms with van der Waals surface area (Å²) in [6.45, 7) is 1.09. The number of pyridine rings is 1. The number of fused-ring (bicyclic) bond motifs is 1. The minimum absolute atomic E-state index is 0. The molecule has 0 amide bonds. The van der Waals surface area contributed by atoms with Gasteiger partial charge in [-0.15, -0.1) is 0 Å². The van der Waals surface area contributed by atoms with Crippen molar-refractivity contribution >= 4 is 0 Å². The molecule has 3 aromatic rings. The van der Waals surface area contributed by atoms with E-state index in [9.17, 15) is 0 Å². The summed E-state index contributed by atoms with van der Waals surface area (Å²) >= 11 is 0. The van der Waals surface area contributed by atoms with E-state index < -0.39 is 0 Å². The Morgan fingerprint density at radius 1 is 0.769 bits per heavy atom. The van der Waals surface area contributed by atoms with Gasteiger partial charge in [0.1, 0.15) is 18.0 Å². The topological polar surface area (TPSA) is 22.3 Å². The van der Waals surface area contributed by atoms with Crippen LogP contribution in [0.15, 0.2) is 60.8 Å². The number of halogens is 1. The Labute approximate surface area is 160 Å². The molecule has 4 rings (SSSR count). The van der Waals surface area contributed by atoms with Gasteiger partial charge in [0, 0.05) is 24.0 Å². The average Bonchev–Trinajstić information content (AvgIpc) is 3.16. The third kappa shape index (κ3) is 3.40. The molecule has 0 fully saturated rings. The highest BCUT2D eigenvalue weighted by molar-refractivity contribution is 5.73. The van der Waals surface area contributed by atoms with Gasteiger partial charge in [-0.05, 0) is 41.5 Å². The van der Waals surface area contributed by atoms with Crippen molar-refractivity contribution in [2.24, 2.45) is 0 Å². The van der Waals surface area contributed by atoms with E-state index in [2.05, 4.69) is 41.1 Å². The van der Waals surface area contributed by atoms with Crippen molar-refractivity contribution < 1.29 is 26.4 Å². The van der Waals surface area contributed by atoms with Gasteiger partial charge < -0.3 is 21.9 Å². The Hall–Kier alpha value is -2.52. The van der Waals surface area contributed by atoms with E-state index in [0.717, 1.165) is 24.5 Å². The smallest absolute Gasteiger partial charge is 0.189 e. The maximum Gasteiger partial charge on any atom is 0.189 e. The van der Waals surface area contributed by atoms with Crippen LogP contribution < -0.4 is 26.4 Å². The molecule has 134 valence electrons. The lowest BCUT2D eigenvalue weighted by molar-refractivity contribution is -0.689. The first kappa shape index (κ1) is 18.3. The fraction of sp³-hybridized carbons (Fsp3) is 0.227. The van der Waals surface area contributed by atoms with Gasteiger partial charge in [0.15, 0.2) is 11.9 Å². The first-order valence-corrected chi connectivity index (χ1v) is 8.64. The number of hydrogen-bond acceptors (Lipinski definition) is 2. The monoisotopic (exact) mass is 367 g/mol. The lowest BCUT2D eigenvalue weighted by Crippen LogP contribution is -3.00. The normalized spacial score (nSPS) is 12.2. The van der Waals surface area contributed by atoms with E-state index in [4.69, 9.17) is 9.47 Å². The molecule has 3 nitrogen and oxygen atoms in total. The molecule has 0 aliphatic carbocycles. The van der Waals surface area contributed by atoms with E-state index in [1.807, 2.05) is 24.3 Å². The zero-order valence-electron chi connectivity index (χ0n) is 15.0. The lowest BCUT2D eigenvalue weighted by atomic mass is 9.98. The Balaban J connectivity index is 0.00000196. The van der Waals surface area contributed by atoms with Crippen LogP contribution in [0.2, 0.25) is 0 Å². The molecule has 0 saturated heterocycles. The van der Waals surface area contributed by atoms with E-state index in [1.165, 1.54) is 34.4 Å². The molecule has 1 aliphatic heterocycles. The number of hydrogen-bond donors (Lipinski definition) is 0. The molecule has 26 heavy (non-hydrogen) atoms. The Bertz CT molecular complexity index is 889. The van der Waals surface area contributed by atoms with Crippen LogP contribution in [-0.4, -0.2) is 14.2 Å². The van der Waals surface area contributed by atoms with Crippen molar-refractivity contribution in [2.45, 2.75) is 19.4 Å². The van der Waals surface area contributed by atoms with Crippen LogP contribution in [0.4, 0.5) is 0 Å². The number of benzene rings is 2. The third-order valence-corrected chi connectivity index (χ3v) is 4.89. The minimum atomic E-state index is 0. The predicted octanol–water partition coefficient (Wildman–Crippen LogP) is 1.28. The first-order chi connectivity index (χ1) is 12.3. The number of rotatable bonds is 4. The van der Waals surface area contributed by atoms with Gasteiger partial charge in [0.2, 0.25) is 0 Å². The third-order valence-electron chi connectivity index (χ3n) is 4.89. The molecule has 1 aliphatic rings. The van der Waals surface area contributed by atoms with E-state index in [1.54, 1.807) is 14.2 Å². The SMILES string of the molecule is COc1ccc(-c2cc(-c3ccc(OC)cc3)c3[n+](c2)CCC3)cc1.[Cl-]. The van der Waals surface area contributed by atoms with Gasteiger partial charge in [0.25, 0.3) is 0 Å². The van der Waals surface area contributed by atoms with E-state index in [-0.39, 0.29) is 12.4 Å². The fourth-order valence-electron chi connectivity index (χ4n) is 3.53. The molecule has 2 heterocycles. The van der Waals surface area contributed by atoms with E-state index in [0.29, 0.717) is 0 Å². The summed E-state index contributed by atoms with van der Waals surface area (Å²) in [7, 11) is 3.40. The highest BCUT2D eigenvalue weighted by Crippen LogP contribution is 2.31. The van der Waals surface area contributed by atoms with Crippen LogP contribution in [0.5, 0.6) is 11.5 Å². The summed E-state index contributed by atoms with van der Waals surface area (Å²) in [5.41, 5.74) is 6.41. The lowest BCUT2D eigenvalue weighted by Gasteiger charge is -2.09. The molecule has 0 atom stereocenters. The Kier molecular flexibility index (Phi) is 5.48. The summed E-state index contributed by atoms with van der Waals surface area (Å²) < 4.78 is 13.0. The van der Waals surface area contributed by atoms with Crippen molar-refractivity contribution in [1.82, 2.24) is 0 Å². The van der Waals surface area contributed by atoms with Crippen molar-refractivity contribution in [1.29, 1.82) is 0 Å². The minimum Gasteiger partial charge on any atom is -1.00 e. The molecule has 0 spiro atoms. The molecule has 0 N–H and O–H groups in total. The van der Waals surface area contributed by atoms with Gasteiger partial charge in [-0.25, -0.2) is 4.57 Å². The zero-order valence-corrected chi connectivity index (χ0v) is 15.8. The van der Waals surface area contributed by atoms with Gasteiger partial charge in [-0.3, -0.25) is 0 Å². The van der Waals surface area contributed by atoms with Crippen LogP contribution in [0, 0.1) is 0 Å². The number of nitrogens with zero attached hydrogens (tertiary/aromatic N) is 1. The number of methoxy groups -OCH3 is 2. The second-order valence-corrected chi connectivity index (χ2v) is 6.34. The average molecular weight is 368 g/mol. The predicted molar refractivity (Wildman–Crippen MR) is 98.9 cm³/mol. The zero-order chi connectivity index (χ0) is 17.2. The summed E-state index contributed by atoms with van der Waals surface area (Å²) in [6, 6.07) is 18.9. The van der Waals surface area contributed by atoms with Gasteiger partial charge >= 0.3 is 0 Å². The Morgan fingerprint density at radius 3 is 1.92 bits per heavy atom. The van der Waals surface area contributed by atoms with E-state index >= 15 is 0 Å². The summed E-state index contributed by atoms with van der Waals surface area (Å²) in [5, 5.41) is 0. The number of aromatic nitrogens is 1. The Morgan fingerprint density at radius 2 is 1.35 bits per heavy atom. The number of ether oxygens (including phenoxy) is 2. The van der Waals surface area contributed by atoms with Crippen LogP contribution >= 0.6 is 0 Å². The standard InChI is InChI=1S/C22H22NO2.ClH/c1-24-19-9-5-16(6-10-19)18-14-21(22-4-3-13-23(22)15-18)17-7-11-20(25-2)12-8-17;/h5-12,14-15H,3-4,13H2,1-2H3;1H/q+1;/p-1. The molecule has 0 bridgehead atoms. The van der Waals surface area contributed by atoms with Gasteiger partial charge in [-0.2, -0.15) is 0 Å². The van der Waals surface area contributed by atoms with Crippen LogP contribution in [0.3, 0.4) is 0 Å². The highest BCUT2D eigenvalue weighted by atomic mass is 35.5. The molecule has 1 aromatic heterocycles. The van der Waals surface area contributed by atoms with Crippen molar-refractivity contribution in [3.05, 3.63) is 66.5 Å². The highest BCUT2D eigenvalue weighted by Gasteiger charge is 2.25. The van der Waals surface area contributed by atoms with Crippen LogP contribution in [0.25, 0.3) is 22.3 Å². The largest absolute Gasteiger partial charge is 1.00 e. The second-order valence-electron chi connectivity index (χ2n) is 6.34. The van der Waals surface area contributed by atoms with Gasteiger partial charge in [0.05, 0.1) is 14.2 Å². The molecule has 2 aromatic carbocycles. The molecule has 0 unspecified atom stereocenters. The maximum absolute atomic E-state index is 5.30. The quantitative estimate of drug-likeness (QED) is 0.648. The van der Waals surface area contributed by atoms with Crippen LogP contribution in [-0.2, 0) is 13.0 Å². The molecular formula is C22H22ClNO2. The number of aryl methyl sites for hydroxylation is 1. The maximum atomic E-state index is 5.30. The van der Waals surface area contributed by atoms with Crippen LogP contribution in [0.1, 0.15) is 12.1 Å². The van der Waals surface area contributed by atoms with Crippen molar-refractivity contribution in [3.63, 3.8) is 0 Å².